The Morgan fingerprint density at radius 1 is 1.23 bits per heavy atom. The van der Waals surface area contributed by atoms with E-state index in [0.717, 1.165) is 0 Å². The Bertz CT molecular complexity index is 919. The number of imidazole rings is 1. The van der Waals surface area contributed by atoms with Gasteiger partial charge in [0.25, 0.3) is 5.56 Å². The van der Waals surface area contributed by atoms with Crippen molar-refractivity contribution < 1.29 is 9.53 Å². The van der Waals surface area contributed by atoms with Gasteiger partial charge in [-0.2, -0.15) is 4.98 Å². The number of piperazine rings is 1. The van der Waals surface area contributed by atoms with Crippen LogP contribution in [0.1, 0.15) is 13.8 Å². The van der Waals surface area contributed by atoms with Gasteiger partial charge in [-0.15, -0.1) is 0 Å². The third-order valence-corrected chi connectivity index (χ3v) is 4.66. The van der Waals surface area contributed by atoms with Crippen LogP contribution in [-0.2, 0) is 23.1 Å². The standard InChI is InChI=1S/C16H24N6O4/c1-4-26-10-9-22-12-13(19(3)16(25)18-14(12)24)17-15(22)21-7-5-20(6-8-21)11(2)23/h4-10H2,1-3H3,(H,18,24,25). The Morgan fingerprint density at radius 3 is 2.54 bits per heavy atom. The Balaban J connectivity index is 2.03. The van der Waals surface area contributed by atoms with Crippen molar-refractivity contribution in [3.05, 3.63) is 20.8 Å². The van der Waals surface area contributed by atoms with Gasteiger partial charge in [0.1, 0.15) is 0 Å². The van der Waals surface area contributed by atoms with Gasteiger partial charge in [-0.05, 0) is 6.92 Å². The van der Waals surface area contributed by atoms with Crippen LogP contribution in [0.3, 0.4) is 0 Å². The number of amides is 1. The number of carbonyl (C=O) groups is 1. The minimum atomic E-state index is -0.495. The molecule has 0 bridgehead atoms. The fourth-order valence-electron chi connectivity index (χ4n) is 3.20. The van der Waals surface area contributed by atoms with Crippen LogP contribution in [0.25, 0.3) is 11.2 Å². The van der Waals surface area contributed by atoms with Crippen molar-refractivity contribution in [1.82, 2.24) is 24.0 Å². The Morgan fingerprint density at radius 2 is 1.92 bits per heavy atom. The molecule has 2 aromatic rings. The van der Waals surface area contributed by atoms with E-state index in [2.05, 4.69) is 9.97 Å². The van der Waals surface area contributed by atoms with Crippen LogP contribution in [0.15, 0.2) is 9.59 Å². The van der Waals surface area contributed by atoms with E-state index in [0.29, 0.717) is 63.0 Å². The molecule has 1 fully saturated rings. The molecule has 2 aromatic heterocycles. The van der Waals surface area contributed by atoms with Crippen LogP contribution in [0.5, 0.6) is 0 Å². The molecule has 0 aliphatic carbocycles. The Kier molecular flexibility index (Phi) is 5.12. The molecule has 1 aliphatic rings. The molecular weight excluding hydrogens is 340 g/mol. The smallest absolute Gasteiger partial charge is 0.329 e. The van der Waals surface area contributed by atoms with E-state index >= 15 is 0 Å². The number of nitrogens with one attached hydrogen (secondary N) is 1. The minimum Gasteiger partial charge on any atom is -0.380 e. The van der Waals surface area contributed by atoms with Crippen molar-refractivity contribution in [2.24, 2.45) is 7.05 Å². The molecule has 3 heterocycles. The lowest BCUT2D eigenvalue weighted by atomic mass is 10.3. The lowest BCUT2D eigenvalue weighted by Crippen LogP contribution is -2.49. The highest BCUT2D eigenvalue weighted by Crippen LogP contribution is 2.20. The lowest BCUT2D eigenvalue weighted by molar-refractivity contribution is -0.129. The number of nitrogens with zero attached hydrogens (tertiary/aromatic N) is 5. The second kappa shape index (κ2) is 7.32. The minimum absolute atomic E-state index is 0.0494. The number of fused-ring (bicyclic) bond motifs is 1. The molecule has 1 saturated heterocycles. The number of ether oxygens (including phenoxy) is 1. The number of carbonyl (C=O) groups excluding carboxylic acids is 1. The molecule has 0 saturated carbocycles. The summed E-state index contributed by atoms with van der Waals surface area (Å²) in [5.41, 5.74) is -0.249. The van der Waals surface area contributed by atoms with E-state index in [9.17, 15) is 14.4 Å². The maximum Gasteiger partial charge on any atom is 0.329 e. The SMILES string of the molecule is CCOCCn1c(N2CCN(C(C)=O)CC2)nc2c1c(=O)[nH]c(=O)n2C. The highest BCUT2D eigenvalue weighted by Gasteiger charge is 2.25. The van der Waals surface area contributed by atoms with Gasteiger partial charge in [-0.1, -0.05) is 0 Å². The van der Waals surface area contributed by atoms with Gasteiger partial charge in [-0.3, -0.25) is 19.1 Å². The molecule has 1 aliphatic heterocycles. The molecule has 0 spiro atoms. The van der Waals surface area contributed by atoms with E-state index in [1.54, 1.807) is 23.4 Å². The first-order valence-corrected chi connectivity index (χ1v) is 8.71. The topological polar surface area (TPSA) is 105 Å². The summed E-state index contributed by atoms with van der Waals surface area (Å²) in [5.74, 6) is 0.669. The molecule has 10 nitrogen and oxygen atoms in total. The number of hydrogen-bond acceptors (Lipinski definition) is 6. The second-order valence-corrected chi connectivity index (χ2v) is 6.24. The van der Waals surface area contributed by atoms with Crippen LogP contribution in [-0.4, -0.2) is 69.3 Å². The molecule has 0 atom stereocenters. The molecule has 3 rings (SSSR count). The zero-order valence-electron chi connectivity index (χ0n) is 15.3. The first kappa shape index (κ1) is 18.2. The number of aryl methyl sites for hydroxylation is 1. The predicted molar refractivity (Wildman–Crippen MR) is 96.6 cm³/mol. The second-order valence-electron chi connectivity index (χ2n) is 6.24. The van der Waals surface area contributed by atoms with Gasteiger partial charge in [0.05, 0.1) is 6.61 Å². The van der Waals surface area contributed by atoms with Gasteiger partial charge in [0.15, 0.2) is 11.2 Å². The van der Waals surface area contributed by atoms with E-state index in [1.807, 2.05) is 11.8 Å². The molecule has 10 heteroatoms. The van der Waals surface area contributed by atoms with Crippen LogP contribution in [0.4, 0.5) is 5.95 Å². The number of aromatic nitrogens is 4. The normalized spacial score (nSPS) is 15.0. The summed E-state index contributed by atoms with van der Waals surface area (Å²) in [6, 6.07) is 0. The van der Waals surface area contributed by atoms with Crippen molar-refractivity contribution in [3.8, 4) is 0 Å². The zero-order chi connectivity index (χ0) is 18.8. The summed E-state index contributed by atoms with van der Waals surface area (Å²) >= 11 is 0. The van der Waals surface area contributed by atoms with Crippen molar-refractivity contribution in [2.75, 3.05) is 44.3 Å². The summed E-state index contributed by atoms with van der Waals surface area (Å²) in [6.45, 7) is 7.35. The largest absolute Gasteiger partial charge is 0.380 e. The monoisotopic (exact) mass is 364 g/mol. The fourth-order valence-corrected chi connectivity index (χ4v) is 3.20. The summed E-state index contributed by atoms with van der Waals surface area (Å²) < 4.78 is 8.57. The van der Waals surface area contributed by atoms with Gasteiger partial charge in [0.2, 0.25) is 11.9 Å². The summed E-state index contributed by atoms with van der Waals surface area (Å²) in [6.07, 6.45) is 0. The van der Waals surface area contributed by atoms with Crippen molar-refractivity contribution in [3.63, 3.8) is 0 Å². The van der Waals surface area contributed by atoms with Gasteiger partial charge in [-0.25, -0.2) is 4.79 Å². The number of anilines is 1. The van der Waals surface area contributed by atoms with Crippen molar-refractivity contribution in [1.29, 1.82) is 0 Å². The van der Waals surface area contributed by atoms with Crippen LogP contribution in [0.2, 0.25) is 0 Å². The molecule has 0 aromatic carbocycles. The molecule has 1 amide bonds. The van der Waals surface area contributed by atoms with Crippen LogP contribution in [0, 0.1) is 0 Å². The number of rotatable bonds is 5. The number of aromatic amines is 1. The highest BCUT2D eigenvalue weighted by molar-refractivity contribution is 5.75. The van der Waals surface area contributed by atoms with Gasteiger partial charge in [0, 0.05) is 53.3 Å². The van der Waals surface area contributed by atoms with E-state index < -0.39 is 11.2 Å². The summed E-state index contributed by atoms with van der Waals surface area (Å²) in [5, 5.41) is 0. The first-order valence-electron chi connectivity index (χ1n) is 8.71. The molecular formula is C16H24N6O4. The van der Waals surface area contributed by atoms with E-state index in [-0.39, 0.29) is 5.91 Å². The highest BCUT2D eigenvalue weighted by atomic mass is 16.5. The van der Waals surface area contributed by atoms with Gasteiger partial charge >= 0.3 is 5.69 Å². The molecule has 0 radical (unpaired) electrons. The molecule has 0 unspecified atom stereocenters. The molecule has 142 valence electrons. The lowest BCUT2D eigenvalue weighted by Gasteiger charge is -2.35. The van der Waals surface area contributed by atoms with E-state index in [1.165, 1.54) is 4.57 Å². The summed E-state index contributed by atoms with van der Waals surface area (Å²) in [4.78, 5) is 46.6. The third kappa shape index (κ3) is 3.24. The van der Waals surface area contributed by atoms with Gasteiger partial charge < -0.3 is 19.1 Å². The Hall–Kier alpha value is -2.62. The number of hydrogen-bond donors (Lipinski definition) is 1. The molecule has 26 heavy (non-hydrogen) atoms. The van der Waals surface area contributed by atoms with E-state index in [4.69, 9.17) is 4.74 Å². The molecule has 1 N–H and O–H groups in total. The predicted octanol–water partition coefficient (Wildman–Crippen LogP) is -0.872. The summed E-state index contributed by atoms with van der Waals surface area (Å²) in [7, 11) is 1.58. The quantitative estimate of drug-likeness (QED) is 0.692. The average molecular weight is 364 g/mol. The maximum absolute atomic E-state index is 12.4. The van der Waals surface area contributed by atoms with Crippen molar-refractivity contribution >= 4 is 23.0 Å². The number of H-pyrrole nitrogens is 1. The van der Waals surface area contributed by atoms with Crippen LogP contribution >= 0.6 is 0 Å². The van der Waals surface area contributed by atoms with Crippen molar-refractivity contribution in [2.45, 2.75) is 20.4 Å². The Labute approximate surface area is 150 Å². The fraction of sp³-hybridized carbons (Fsp3) is 0.625. The average Bonchev–Trinajstić information content (AvgIpc) is 3.00. The van der Waals surface area contributed by atoms with Crippen LogP contribution < -0.4 is 16.1 Å². The third-order valence-electron chi connectivity index (χ3n) is 4.66. The zero-order valence-corrected chi connectivity index (χ0v) is 15.3. The first-order chi connectivity index (χ1) is 12.4. The maximum atomic E-state index is 12.4.